The third kappa shape index (κ3) is 2.77. The molecule has 1 heterocycles. The Morgan fingerprint density at radius 1 is 1.44 bits per heavy atom. The van der Waals surface area contributed by atoms with Crippen LogP contribution in [0.2, 0.25) is 5.02 Å². The lowest BCUT2D eigenvalue weighted by molar-refractivity contribution is -0.131. The topological polar surface area (TPSA) is 76.2 Å². The standard InChI is InChI=1S/C11H6BrClN2O3/c12-7-3-1-2-6(10(7)13)11-15-14-8(18-11)4-5-9(16)17/h1-5H,(H,16,17)/b5-4+. The maximum Gasteiger partial charge on any atom is 0.328 e. The van der Waals surface area contributed by atoms with Crippen molar-refractivity contribution in [1.29, 1.82) is 0 Å². The highest BCUT2D eigenvalue weighted by Crippen LogP contribution is 2.32. The van der Waals surface area contributed by atoms with Crippen molar-refractivity contribution in [1.82, 2.24) is 10.2 Å². The molecule has 1 N–H and O–H groups in total. The van der Waals surface area contributed by atoms with Gasteiger partial charge in [-0.15, -0.1) is 10.2 Å². The molecule has 0 amide bonds. The largest absolute Gasteiger partial charge is 0.478 e. The summed E-state index contributed by atoms with van der Waals surface area (Å²) in [6.07, 6.45) is 2.13. The summed E-state index contributed by atoms with van der Waals surface area (Å²) in [4.78, 5) is 10.3. The van der Waals surface area contributed by atoms with Crippen LogP contribution in [0.25, 0.3) is 17.5 Å². The fraction of sp³-hybridized carbons (Fsp3) is 0. The first-order valence-electron chi connectivity index (χ1n) is 4.77. The first-order valence-corrected chi connectivity index (χ1v) is 5.94. The van der Waals surface area contributed by atoms with Gasteiger partial charge in [0, 0.05) is 16.6 Å². The van der Waals surface area contributed by atoms with Gasteiger partial charge in [-0.25, -0.2) is 4.79 Å². The van der Waals surface area contributed by atoms with E-state index in [1.165, 1.54) is 6.08 Å². The van der Waals surface area contributed by atoms with E-state index in [4.69, 9.17) is 21.1 Å². The van der Waals surface area contributed by atoms with E-state index in [0.717, 1.165) is 6.08 Å². The molecule has 0 saturated carbocycles. The van der Waals surface area contributed by atoms with E-state index in [9.17, 15) is 4.79 Å². The molecule has 0 aliphatic heterocycles. The lowest BCUT2D eigenvalue weighted by Crippen LogP contribution is -1.85. The molecule has 0 atom stereocenters. The quantitative estimate of drug-likeness (QED) is 0.875. The van der Waals surface area contributed by atoms with Gasteiger partial charge < -0.3 is 9.52 Å². The van der Waals surface area contributed by atoms with Crippen molar-refractivity contribution in [3.05, 3.63) is 39.7 Å². The van der Waals surface area contributed by atoms with Gasteiger partial charge in [0.05, 0.1) is 10.6 Å². The van der Waals surface area contributed by atoms with Gasteiger partial charge in [-0.1, -0.05) is 17.7 Å². The number of aliphatic carboxylic acids is 1. The summed E-state index contributed by atoms with van der Waals surface area (Å²) in [6.45, 7) is 0. The predicted octanol–water partition coefficient (Wildman–Crippen LogP) is 3.25. The summed E-state index contributed by atoms with van der Waals surface area (Å²) in [5.74, 6) is -0.759. The zero-order valence-electron chi connectivity index (χ0n) is 8.80. The minimum atomic E-state index is -1.09. The molecule has 18 heavy (non-hydrogen) atoms. The second-order valence-electron chi connectivity index (χ2n) is 3.22. The maximum atomic E-state index is 10.3. The van der Waals surface area contributed by atoms with Gasteiger partial charge in [0.15, 0.2) is 0 Å². The molecule has 1 aromatic heterocycles. The van der Waals surface area contributed by atoms with Crippen LogP contribution in [0.5, 0.6) is 0 Å². The minimum Gasteiger partial charge on any atom is -0.478 e. The Hall–Kier alpha value is -1.66. The number of aromatic nitrogens is 2. The molecule has 2 aromatic rings. The molecule has 5 nitrogen and oxygen atoms in total. The monoisotopic (exact) mass is 328 g/mol. The number of carboxylic acid groups (broad SMARTS) is 1. The number of benzene rings is 1. The van der Waals surface area contributed by atoms with Crippen molar-refractivity contribution >= 4 is 39.6 Å². The molecule has 0 bridgehead atoms. The predicted molar refractivity (Wildman–Crippen MR) is 69.1 cm³/mol. The lowest BCUT2D eigenvalue weighted by Gasteiger charge is -1.99. The SMILES string of the molecule is O=C(O)/C=C/c1nnc(-c2cccc(Br)c2Cl)o1. The molecule has 0 aliphatic carbocycles. The highest BCUT2D eigenvalue weighted by atomic mass is 79.9. The fourth-order valence-electron chi connectivity index (χ4n) is 1.22. The van der Waals surface area contributed by atoms with Crippen LogP contribution >= 0.6 is 27.5 Å². The van der Waals surface area contributed by atoms with Crippen molar-refractivity contribution in [2.45, 2.75) is 0 Å². The van der Waals surface area contributed by atoms with Crippen LogP contribution in [0.4, 0.5) is 0 Å². The van der Waals surface area contributed by atoms with Gasteiger partial charge in [-0.2, -0.15) is 0 Å². The zero-order valence-corrected chi connectivity index (χ0v) is 11.1. The van der Waals surface area contributed by atoms with Crippen LogP contribution in [-0.4, -0.2) is 21.3 Å². The summed E-state index contributed by atoms with van der Waals surface area (Å²) in [5, 5.41) is 16.4. The van der Waals surface area contributed by atoms with Crippen LogP contribution in [0.15, 0.2) is 33.2 Å². The van der Waals surface area contributed by atoms with Gasteiger partial charge >= 0.3 is 5.97 Å². The van der Waals surface area contributed by atoms with E-state index >= 15 is 0 Å². The van der Waals surface area contributed by atoms with Gasteiger partial charge in [-0.05, 0) is 28.1 Å². The van der Waals surface area contributed by atoms with Gasteiger partial charge in [0.1, 0.15) is 0 Å². The minimum absolute atomic E-state index is 0.100. The molecule has 0 spiro atoms. The number of halogens is 2. The summed E-state index contributed by atoms with van der Waals surface area (Å²) in [6, 6.07) is 5.29. The first kappa shape index (κ1) is 12.8. The summed E-state index contributed by atoms with van der Waals surface area (Å²) < 4.78 is 5.99. The Balaban J connectivity index is 2.35. The Morgan fingerprint density at radius 2 is 2.22 bits per heavy atom. The average Bonchev–Trinajstić information content (AvgIpc) is 2.78. The number of carbonyl (C=O) groups is 1. The van der Waals surface area contributed by atoms with Gasteiger partial charge in [0.25, 0.3) is 0 Å². The summed E-state index contributed by atoms with van der Waals surface area (Å²) in [7, 11) is 0. The normalized spacial score (nSPS) is 11.0. The number of carboxylic acids is 1. The van der Waals surface area contributed by atoms with E-state index < -0.39 is 5.97 Å². The highest BCUT2D eigenvalue weighted by Gasteiger charge is 2.12. The Morgan fingerprint density at radius 3 is 2.94 bits per heavy atom. The van der Waals surface area contributed by atoms with Gasteiger partial charge in [-0.3, -0.25) is 0 Å². The maximum absolute atomic E-state index is 10.3. The molecular formula is C11H6BrClN2O3. The number of rotatable bonds is 3. The summed E-state index contributed by atoms with van der Waals surface area (Å²) >= 11 is 9.36. The summed E-state index contributed by atoms with van der Waals surface area (Å²) in [5.41, 5.74) is 0.577. The van der Waals surface area contributed by atoms with E-state index in [2.05, 4.69) is 26.1 Å². The van der Waals surface area contributed by atoms with Crippen molar-refractivity contribution < 1.29 is 14.3 Å². The molecule has 0 fully saturated rings. The molecule has 7 heteroatoms. The zero-order chi connectivity index (χ0) is 13.1. The molecular weight excluding hydrogens is 323 g/mol. The smallest absolute Gasteiger partial charge is 0.328 e. The van der Waals surface area contributed by atoms with Crippen LogP contribution in [0.3, 0.4) is 0 Å². The van der Waals surface area contributed by atoms with Crippen LogP contribution < -0.4 is 0 Å². The van der Waals surface area contributed by atoms with E-state index in [1.807, 2.05) is 0 Å². The molecule has 1 aromatic carbocycles. The van der Waals surface area contributed by atoms with Crippen molar-refractivity contribution in [3.8, 4) is 11.5 Å². The molecule has 0 aliphatic rings. The van der Waals surface area contributed by atoms with Crippen LogP contribution in [0, 0.1) is 0 Å². The Kier molecular flexibility index (Phi) is 3.78. The van der Waals surface area contributed by atoms with Crippen LogP contribution in [0.1, 0.15) is 5.89 Å². The molecule has 2 rings (SSSR count). The van der Waals surface area contributed by atoms with Crippen molar-refractivity contribution in [2.24, 2.45) is 0 Å². The van der Waals surface area contributed by atoms with Crippen molar-refractivity contribution in [3.63, 3.8) is 0 Å². The molecule has 0 saturated heterocycles. The second-order valence-corrected chi connectivity index (χ2v) is 4.45. The van der Waals surface area contributed by atoms with E-state index in [-0.39, 0.29) is 11.8 Å². The third-order valence-corrected chi connectivity index (χ3v) is 3.29. The molecule has 0 unspecified atom stereocenters. The van der Waals surface area contributed by atoms with E-state index in [0.29, 0.717) is 15.1 Å². The van der Waals surface area contributed by atoms with E-state index in [1.54, 1.807) is 18.2 Å². The second kappa shape index (κ2) is 5.32. The molecule has 0 radical (unpaired) electrons. The first-order chi connectivity index (χ1) is 8.58. The van der Waals surface area contributed by atoms with Crippen LogP contribution in [-0.2, 0) is 4.79 Å². The third-order valence-electron chi connectivity index (χ3n) is 1.99. The van der Waals surface area contributed by atoms with Gasteiger partial charge in [0.2, 0.25) is 11.8 Å². The fourth-order valence-corrected chi connectivity index (χ4v) is 1.80. The Labute approximate surface area is 115 Å². The number of nitrogens with zero attached hydrogens (tertiary/aromatic N) is 2. The number of hydrogen-bond acceptors (Lipinski definition) is 4. The highest BCUT2D eigenvalue weighted by molar-refractivity contribution is 9.10. The number of hydrogen-bond donors (Lipinski definition) is 1. The lowest BCUT2D eigenvalue weighted by atomic mass is 10.2. The average molecular weight is 330 g/mol. The Bertz CT molecular complexity index is 625. The molecule has 92 valence electrons. The van der Waals surface area contributed by atoms with Crippen molar-refractivity contribution in [2.75, 3.05) is 0 Å².